The number of nitrogens with two attached hydrogens (primary N) is 1. The van der Waals surface area contributed by atoms with Crippen LogP contribution in [0.3, 0.4) is 0 Å². The Morgan fingerprint density at radius 2 is 2.12 bits per heavy atom. The number of amidine groups is 1. The van der Waals surface area contributed by atoms with Crippen LogP contribution in [0.25, 0.3) is 15.8 Å². The van der Waals surface area contributed by atoms with E-state index in [9.17, 15) is 5.11 Å². The van der Waals surface area contributed by atoms with Gasteiger partial charge in [-0.3, -0.25) is 4.99 Å². The number of hydrogen-bond acceptors (Lipinski definition) is 5. The summed E-state index contributed by atoms with van der Waals surface area (Å²) in [6, 6.07) is 7.58. The van der Waals surface area contributed by atoms with Crippen molar-refractivity contribution >= 4 is 33.0 Å². The van der Waals surface area contributed by atoms with Crippen molar-refractivity contribution in [3.05, 3.63) is 35.0 Å². The lowest BCUT2D eigenvalue weighted by Gasteiger charge is -1.99. The molecule has 0 bridgehead atoms. The third kappa shape index (κ3) is 1.51. The molecule has 0 aliphatic carbocycles. The van der Waals surface area contributed by atoms with Gasteiger partial charge in [0, 0.05) is 0 Å². The number of benzene rings is 1. The van der Waals surface area contributed by atoms with Gasteiger partial charge in [-0.15, -0.1) is 11.3 Å². The van der Waals surface area contributed by atoms with Gasteiger partial charge < -0.3 is 10.8 Å². The number of aliphatic hydroxyl groups is 1. The van der Waals surface area contributed by atoms with Crippen LogP contribution in [0.1, 0.15) is 11.9 Å². The molecule has 0 fully saturated rings. The normalized spacial score (nSPS) is 20.1. The Balaban J connectivity index is 2.20. The number of thiazole rings is 1. The van der Waals surface area contributed by atoms with Gasteiger partial charge in [-0.05, 0) is 19.1 Å². The molecule has 1 aromatic heterocycles. The second kappa shape index (κ2) is 3.56. The average Bonchev–Trinajstić information content (AvgIpc) is 2.81. The van der Waals surface area contributed by atoms with Gasteiger partial charge in [-0.2, -0.15) is 0 Å². The van der Waals surface area contributed by atoms with Crippen molar-refractivity contribution in [1.82, 2.24) is 4.98 Å². The zero-order valence-corrected chi connectivity index (χ0v) is 10.0. The van der Waals surface area contributed by atoms with Crippen LogP contribution in [-0.2, 0) is 0 Å². The Morgan fingerprint density at radius 3 is 2.76 bits per heavy atom. The lowest BCUT2D eigenvalue weighted by atomic mass is 10.2. The first kappa shape index (κ1) is 10.3. The molecule has 1 aliphatic heterocycles. The average molecular weight is 245 g/mol. The SMILES string of the molecule is CC1N=C(N)C(c2nc3ccccc3s2)=C1O. The van der Waals surface area contributed by atoms with Crippen LogP contribution in [0.2, 0.25) is 0 Å². The van der Waals surface area contributed by atoms with Gasteiger partial charge in [0.15, 0.2) is 0 Å². The van der Waals surface area contributed by atoms with Gasteiger partial charge in [0.1, 0.15) is 22.6 Å². The van der Waals surface area contributed by atoms with E-state index >= 15 is 0 Å². The zero-order chi connectivity index (χ0) is 12.0. The molecule has 0 amide bonds. The number of nitrogens with zero attached hydrogens (tertiary/aromatic N) is 2. The Labute approximate surface area is 102 Å². The van der Waals surface area contributed by atoms with Crippen LogP contribution in [-0.4, -0.2) is 22.0 Å². The van der Waals surface area contributed by atoms with Gasteiger partial charge in [-0.1, -0.05) is 12.1 Å². The largest absolute Gasteiger partial charge is 0.509 e. The maximum absolute atomic E-state index is 9.96. The maximum atomic E-state index is 9.96. The van der Waals surface area contributed by atoms with E-state index in [1.807, 2.05) is 31.2 Å². The molecular weight excluding hydrogens is 234 g/mol. The first-order chi connectivity index (χ1) is 8.16. The van der Waals surface area contributed by atoms with Crippen LogP contribution in [0, 0.1) is 0 Å². The van der Waals surface area contributed by atoms with Crippen LogP contribution >= 0.6 is 11.3 Å². The summed E-state index contributed by atoms with van der Waals surface area (Å²) >= 11 is 1.51. The maximum Gasteiger partial charge on any atom is 0.132 e. The fourth-order valence-corrected chi connectivity index (χ4v) is 2.90. The summed E-state index contributed by atoms with van der Waals surface area (Å²) in [5.74, 6) is 0.579. The van der Waals surface area contributed by atoms with E-state index in [2.05, 4.69) is 9.98 Å². The Bertz CT molecular complexity index is 624. The summed E-state index contributed by atoms with van der Waals surface area (Å²) in [5, 5.41) is 10.7. The molecule has 5 heteroatoms. The summed E-state index contributed by atoms with van der Waals surface area (Å²) < 4.78 is 1.08. The summed E-state index contributed by atoms with van der Waals surface area (Å²) in [7, 11) is 0. The Kier molecular flexibility index (Phi) is 2.16. The molecule has 1 aliphatic rings. The molecule has 17 heavy (non-hydrogen) atoms. The minimum Gasteiger partial charge on any atom is -0.509 e. The number of hydrogen-bond donors (Lipinski definition) is 2. The van der Waals surface area contributed by atoms with E-state index in [0.29, 0.717) is 11.4 Å². The molecule has 0 saturated carbocycles. The van der Waals surface area contributed by atoms with Crippen molar-refractivity contribution in [3.63, 3.8) is 0 Å². The molecule has 3 rings (SSSR count). The minimum atomic E-state index is -0.267. The molecular formula is C12H11N3OS. The van der Waals surface area contributed by atoms with Crippen molar-refractivity contribution in [2.75, 3.05) is 0 Å². The number of para-hydroxylation sites is 1. The molecule has 4 nitrogen and oxygen atoms in total. The van der Waals surface area contributed by atoms with Gasteiger partial charge in [0.25, 0.3) is 0 Å². The van der Waals surface area contributed by atoms with Crippen molar-refractivity contribution in [3.8, 4) is 0 Å². The van der Waals surface area contributed by atoms with Crippen LogP contribution in [0.15, 0.2) is 35.0 Å². The second-order valence-electron chi connectivity index (χ2n) is 3.94. The molecule has 86 valence electrons. The van der Waals surface area contributed by atoms with Gasteiger partial charge in [0.2, 0.25) is 0 Å². The number of rotatable bonds is 1. The van der Waals surface area contributed by atoms with Crippen molar-refractivity contribution in [2.45, 2.75) is 13.0 Å². The monoisotopic (exact) mass is 245 g/mol. The van der Waals surface area contributed by atoms with Crippen LogP contribution in [0.4, 0.5) is 0 Å². The second-order valence-corrected chi connectivity index (χ2v) is 4.97. The van der Waals surface area contributed by atoms with Crippen LogP contribution in [0.5, 0.6) is 0 Å². The van der Waals surface area contributed by atoms with E-state index in [-0.39, 0.29) is 11.8 Å². The topological polar surface area (TPSA) is 71.5 Å². The van der Waals surface area contributed by atoms with E-state index in [1.54, 1.807) is 0 Å². The first-order valence-electron chi connectivity index (χ1n) is 5.29. The number of aliphatic hydroxyl groups excluding tert-OH is 1. The first-order valence-corrected chi connectivity index (χ1v) is 6.11. The third-order valence-corrected chi connectivity index (χ3v) is 3.80. The highest BCUT2D eigenvalue weighted by Crippen LogP contribution is 2.32. The highest BCUT2D eigenvalue weighted by molar-refractivity contribution is 7.19. The predicted molar refractivity (Wildman–Crippen MR) is 70.3 cm³/mol. The summed E-state index contributed by atoms with van der Waals surface area (Å²) in [5.41, 5.74) is 7.31. The highest BCUT2D eigenvalue weighted by atomic mass is 32.1. The summed E-state index contributed by atoms with van der Waals surface area (Å²) in [4.78, 5) is 8.60. The third-order valence-electron chi connectivity index (χ3n) is 2.75. The molecule has 2 aromatic rings. The van der Waals surface area contributed by atoms with Gasteiger partial charge in [-0.25, -0.2) is 4.98 Å². The minimum absolute atomic E-state index is 0.210. The smallest absolute Gasteiger partial charge is 0.132 e. The molecule has 2 heterocycles. The van der Waals surface area contributed by atoms with Gasteiger partial charge >= 0.3 is 0 Å². The number of aromatic nitrogens is 1. The van der Waals surface area contributed by atoms with Crippen molar-refractivity contribution in [1.29, 1.82) is 0 Å². The number of fused-ring (bicyclic) bond motifs is 1. The molecule has 0 saturated heterocycles. The summed E-state index contributed by atoms with van der Waals surface area (Å²) in [6.07, 6.45) is 0. The quantitative estimate of drug-likeness (QED) is 0.810. The van der Waals surface area contributed by atoms with E-state index in [0.717, 1.165) is 15.2 Å². The number of aliphatic imine (C=N–C) groups is 1. The predicted octanol–water partition coefficient (Wildman–Crippen LogP) is 2.32. The standard InChI is InChI=1S/C12H11N3OS/c1-6-10(16)9(11(13)14-6)12-15-7-4-2-3-5-8(7)17-12/h2-6,16H,1H3,(H2,13,14). The fraction of sp³-hybridized carbons (Fsp3) is 0.167. The molecule has 1 unspecified atom stereocenters. The lowest BCUT2D eigenvalue weighted by Crippen LogP contribution is -2.11. The van der Waals surface area contributed by atoms with E-state index in [1.165, 1.54) is 11.3 Å². The Hall–Kier alpha value is -1.88. The fourth-order valence-electron chi connectivity index (χ4n) is 1.87. The van der Waals surface area contributed by atoms with Crippen molar-refractivity contribution < 1.29 is 5.11 Å². The molecule has 0 radical (unpaired) electrons. The van der Waals surface area contributed by atoms with E-state index < -0.39 is 0 Å². The van der Waals surface area contributed by atoms with Gasteiger partial charge in [0.05, 0.1) is 15.8 Å². The lowest BCUT2D eigenvalue weighted by molar-refractivity contribution is 0.383. The summed E-state index contributed by atoms with van der Waals surface area (Å²) in [6.45, 7) is 1.81. The molecule has 1 aromatic carbocycles. The van der Waals surface area contributed by atoms with E-state index in [4.69, 9.17) is 5.73 Å². The van der Waals surface area contributed by atoms with Crippen molar-refractivity contribution in [2.24, 2.45) is 10.7 Å². The molecule has 0 spiro atoms. The Morgan fingerprint density at radius 1 is 1.35 bits per heavy atom. The van der Waals surface area contributed by atoms with Crippen LogP contribution < -0.4 is 5.73 Å². The molecule has 1 atom stereocenters. The highest BCUT2D eigenvalue weighted by Gasteiger charge is 2.26. The molecule has 3 N–H and O–H groups in total. The zero-order valence-electron chi connectivity index (χ0n) is 9.21.